The summed E-state index contributed by atoms with van der Waals surface area (Å²) in [7, 11) is 0. The van der Waals surface area contributed by atoms with Crippen molar-refractivity contribution in [2.24, 2.45) is 11.8 Å². The fourth-order valence-electron chi connectivity index (χ4n) is 2.64. The molecule has 98 valence electrons. The third kappa shape index (κ3) is 3.06. The Morgan fingerprint density at radius 2 is 2.17 bits per heavy atom. The third-order valence-corrected chi connectivity index (χ3v) is 3.74. The minimum absolute atomic E-state index is 0.158. The van der Waals surface area contributed by atoms with Crippen LogP contribution in [0.3, 0.4) is 0 Å². The monoisotopic (exact) mass is 250 g/mol. The number of carbonyl (C=O) groups is 1. The first-order valence-corrected chi connectivity index (χ1v) is 6.48. The molecule has 2 rings (SSSR count). The zero-order valence-electron chi connectivity index (χ0n) is 10.8. The lowest BCUT2D eigenvalue weighted by Crippen LogP contribution is -2.42. The minimum atomic E-state index is -0.564. The molecule has 1 N–H and O–H groups in total. The van der Waals surface area contributed by atoms with E-state index in [1.807, 2.05) is 0 Å². The molecule has 1 fully saturated rings. The van der Waals surface area contributed by atoms with Crippen molar-refractivity contribution in [3.63, 3.8) is 0 Å². The molecule has 3 atom stereocenters. The molecular formula is C14H19FN2O. The summed E-state index contributed by atoms with van der Waals surface area (Å²) in [5, 5.41) is 3.02. The van der Waals surface area contributed by atoms with Crippen molar-refractivity contribution in [2.45, 2.75) is 39.2 Å². The van der Waals surface area contributed by atoms with Gasteiger partial charge in [-0.15, -0.1) is 0 Å². The highest BCUT2D eigenvalue weighted by Gasteiger charge is 2.26. The van der Waals surface area contributed by atoms with Crippen LogP contribution in [-0.4, -0.2) is 16.9 Å². The summed E-state index contributed by atoms with van der Waals surface area (Å²) in [6.45, 7) is 4.42. The van der Waals surface area contributed by atoms with E-state index < -0.39 is 5.95 Å². The van der Waals surface area contributed by atoms with Crippen LogP contribution in [0.4, 0.5) is 4.39 Å². The first-order valence-electron chi connectivity index (χ1n) is 6.48. The molecule has 4 heteroatoms. The van der Waals surface area contributed by atoms with E-state index in [1.165, 1.54) is 18.3 Å². The van der Waals surface area contributed by atoms with Crippen LogP contribution in [-0.2, 0) is 0 Å². The number of nitrogens with zero attached hydrogens (tertiary/aromatic N) is 1. The molecule has 0 saturated heterocycles. The number of amides is 1. The van der Waals surface area contributed by atoms with Crippen molar-refractivity contribution >= 4 is 5.91 Å². The summed E-state index contributed by atoms with van der Waals surface area (Å²) >= 11 is 0. The number of aromatic nitrogens is 1. The van der Waals surface area contributed by atoms with Gasteiger partial charge in [0.1, 0.15) is 0 Å². The van der Waals surface area contributed by atoms with Crippen molar-refractivity contribution in [1.82, 2.24) is 10.3 Å². The zero-order valence-corrected chi connectivity index (χ0v) is 10.8. The molecule has 1 amide bonds. The second-order valence-electron chi connectivity index (χ2n) is 5.35. The number of hydrogen-bond donors (Lipinski definition) is 1. The van der Waals surface area contributed by atoms with Crippen LogP contribution >= 0.6 is 0 Å². The van der Waals surface area contributed by atoms with Gasteiger partial charge >= 0.3 is 0 Å². The topological polar surface area (TPSA) is 42.0 Å². The first-order chi connectivity index (χ1) is 8.56. The molecule has 1 aromatic heterocycles. The molecule has 0 bridgehead atoms. The van der Waals surface area contributed by atoms with Gasteiger partial charge in [0.05, 0.1) is 5.56 Å². The molecule has 1 aliphatic rings. The van der Waals surface area contributed by atoms with Gasteiger partial charge in [0.25, 0.3) is 5.91 Å². The number of pyridine rings is 1. The average Bonchev–Trinajstić information content (AvgIpc) is 2.33. The van der Waals surface area contributed by atoms with Crippen LogP contribution in [0.2, 0.25) is 0 Å². The number of rotatable bonds is 2. The van der Waals surface area contributed by atoms with Gasteiger partial charge in [-0.2, -0.15) is 4.39 Å². The van der Waals surface area contributed by atoms with Crippen molar-refractivity contribution in [1.29, 1.82) is 0 Å². The molecule has 1 aliphatic carbocycles. The lowest BCUT2D eigenvalue weighted by Gasteiger charge is -2.33. The summed E-state index contributed by atoms with van der Waals surface area (Å²) in [5.74, 6) is 0.507. The van der Waals surface area contributed by atoms with E-state index in [0.717, 1.165) is 25.2 Å². The summed E-state index contributed by atoms with van der Waals surface area (Å²) in [4.78, 5) is 15.5. The lowest BCUT2D eigenvalue weighted by atomic mass is 9.80. The van der Waals surface area contributed by atoms with E-state index in [-0.39, 0.29) is 11.9 Å². The van der Waals surface area contributed by atoms with Gasteiger partial charge in [-0.3, -0.25) is 4.79 Å². The van der Waals surface area contributed by atoms with Crippen LogP contribution in [0.25, 0.3) is 0 Å². The SMILES string of the molecule is CC1CCC(NC(=O)c2ccc(F)nc2)C(C)C1. The van der Waals surface area contributed by atoms with Gasteiger partial charge in [0.2, 0.25) is 5.95 Å². The fourth-order valence-corrected chi connectivity index (χ4v) is 2.64. The molecule has 0 spiro atoms. The normalized spacial score (nSPS) is 27.8. The van der Waals surface area contributed by atoms with E-state index in [0.29, 0.717) is 11.5 Å². The Kier molecular flexibility index (Phi) is 3.94. The Hall–Kier alpha value is -1.45. The van der Waals surface area contributed by atoms with Crippen LogP contribution in [0.5, 0.6) is 0 Å². The minimum Gasteiger partial charge on any atom is -0.349 e. The molecule has 0 aliphatic heterocycles. The van der Waals surface area contributed by atoms with Crippen LogP contribution < -0.4 is 5.32 Å². The molecule has 3 nitrogen and oxygen atoms in total. The van der Waals surface area contributed by atoms with E-state index >= 15 is 0 Å². The second-order valence-corrected chi connectivity index (χ2v) is 5.35. The number of carbonyl (C=O) groups excluding carboxylic acids is 1. The maximum atomic E-state index is 12.7. The van der Waals surface area contributed by atoms with E-state index in [1.54, 1.807) is 0 Å². The standard InChI is InChI=1S/C14H19FN2O/c1-9-3-5-12(10(2)7-9)17-14(18)11-4-6-13(15)16-8-11/h4,6,8-10,12H,3,5,7H2,1-2H3,(H,17,18). The first kappa shape index (κ1) is 13.0. The van der Waals surface area contributed by atoms with E-state index in [4.69, 9.17) is 0 Å². The summed E-state index contributed by atoms with van der Waals surface area (Å²) in [6.07, 6.45) is 4.59. The van der Waals surface area contributed by atoms with Gasteiger partial charge in [-0.1, -0.05) is 13.8 Å². The molecule has 1 heterocycles. The highest BCUT2D eigenvalue weighted by molar-refractivity contribution is 5.94. The fraction of sp³-hybridized carbons (Fsp3) is 0.571. The smallest absolute Gasteiger partial charge is 0.253 e. The average molecular weight is 250 g/mol. The largest absolute Gasteiger partial charge is 0.349 e. The Labute approximate surface area is 107 Å². The molecule has 3 unspecified atom stereocenters. The van der Waals surface area contributed by atoms with Gasteiger partial charge < -0.3 is 5.32 Å². The number of halogens is 1. The Balaban J connectivity index is 1.97. The Bertz CT molecular complexity index is 418. The summed E-state index contributed by atoms with van der Waals surface area (Å²) < 4.78 is 12.7. The molecule has 0 radical (unpaired) electrons. The predicted octanol–water partition coefficient (Wildman–Crippen LogP) is 2.78. The quantitative estimate of drug-likeness (QED) is 0.820. The van der Waals surface area contributed by atoms with Crippen molar-refractivity contribution in [3.8, 4) is 0 Å². The zero-order chi connectivity index (χ0) is 13.1. The third-order valence-electron chi connectivity index (χ3n) is 3.74. The van der Waals surface area contributed by atoms with Crippen LogP contribution in [0.15, 0.2) is 18.3 Å². The summed E-state index contributed by atoms with van der Waals surface area (Å²) in [5.41, 5.74) is 0.419. The maximum absolute atomic E-state index is 12.7. The highest BCUT2D eigenvalue weighted by atomic mass is 19.1. The van der Waals surface area contributed by atoms with Crippen molar-refractivity contribution < 1.29 is 9.18 Å². The number of nitrogens with one attached hydrogen (secondary N) is 1. The van der Waals surface area contributed by atoms with Gasteiger partial charge in [-0.05, 0) is 43.2 Å². The predicted molar refractivity (Wildman–Crippen MR) is 67.6 cm³/mol. The van der Waals surface area contributed by atoms with Gasteiger partial charge in [-0.25, -0.2) is 4.98 Å². The molecule has 18 heavy (non-hydrogen) atoms. The lowest BCUT2D eigenvalue weighted by molar-refractivity contribution is 0.0899. The van der Waals surface area contributed by atoms with Gasteiger partial charge in [0.15, 0.2) is 0 Å². The Morgan fingerprint density at radius 1 is 1.39 bits per heavy atom. The second kappa shape index (κ2) is 5.46. The van der Waals surface area contributed by atoms with Crippen LogP contribution in [0.1, 0.15) is 43.5 Å². The van der Waals surface area contributed by atoms with Crippen molar-refractivity contribution in [3.05, 3.63) is 29.8 Å². The van der Waals surface area contributed by atoms with E-state index in [9.17, 15) is 9.18 Å². The Morgan fingerprint density at radius 3 is 2.78 bits per heavy atom. The van der Waals surface area contributed by atoms with Crippen LogP contribution in [0, 0.1) is 17.8 Å². The summed E-state index contributed by atoms with van der Waals surface area (Å²) in [6, 6.07) is 2.90. The maximum Gasteiger partial charge on any atom is 0.253 e. The molecule has 0 aromatic carbocycles. The molecule has 1 saturated carbocycles. The van der Waals surface area contributed by atoms with Gasteiger partial charge in [0, 0.05) is 12.2 Å². The molecular weight excluding hydrogens is 231 g/mol. The highest BCUT2D eigenvalue weighted by Crippen LogP contribution is 2.28. The number of hydrogen-bond acceptors (Lipinski definition) is 2. The van der Waals surface area contributed by atoms with Crippen molar-refractivity contribution in [2.75, 3.05) is 0 Å². The van der Waals surface area contributed by atoms with E-state index in [2.05, 4.69) is 24.1 Å². The molecule has 1 aromatic rings.